The molecule has 0 atom stereocenters. The number of halogens is 1. The molecule has 2 N–H and O–H groups in total. The Hall–Kier alpha value is -3.32. The fourth-order valence-electron chi connectivity index (χ4n) is 2.23. The molecule has 0 radical (unpaired) electrons. The molecule has 2 aromatic carbocycles. The number of rotatable bonds is 7. The van der Waals surface area contributed by atoms with Crippen molar-refractivity contribution in [2.45, 2.75) is 0 Å². The number of nitrogens with zero attached hydrogens (tertiary/aromatic N) is 2. The van der Waals surface area contributed by atoms with E-state index in [-0.39, 0.29) is 12.5 Å². The fourth-order valence-corrected chi connectivity index (χ4v) is 2.41. The summed E-state index contributed by atoms with van der Waals surface area (Å²) in [7, 11) is 1.54. The van der Waals surface area contributed by atoms with Crippen molar-refractivity contribution in [2.24, 2.45) is 0 Å². The lowest BCUT2D eigenvalue weighted by Gasteiger charge is -2.10. The Labute approximate surface area is 161 Å². The number of carbonyl (C=O) groups excluding carboxylic acids is 1. The lowest BCUT2D eigenvalue weighted by molar-refractivity contribution is -0.118. The van der Waals surface area contributed by atoms with Crippen molar-refractivity contribution in [1.82, 2.24) is 10.2 Å². The van der Waals surface area contributed by atoms with Crippen molar-refractivity contribution in [2.75, 3.05) is 24.4 Å². The molecule has 1 amide bonds. The number of hydrogen-bond donors (Lipinski definition) is 2. The second-order valence-electron chi connectivity index (χ2n) is 5.40. The van der Waals surface area contributed by atoms with E-state index in [1.807, 2.05) is 24.3 Å². The van der Waals surface area contributed by atoms with Gasteiger partial charge in [0, 0.05) is 0 Å². The van der Waals surface area contributed by atoms with Crippen LogP contribution >= 0.6 is 11.6 Å². The van der Waals surface area contributed by atoms with Crippen LogP contribution in [-0.2, 0) is 4.79 Å². The van der Waals surface area contributed by atoms with Gasteiger partial charge in [-0.25, -0.2) is 0 Å². The predicted octanol–water partition coefficient (Wildman–Crippen LogP) is 3.90. The van der Waals surface area contributed by atoms with Crippen molar-refractivity contribution in [3.63, 3.8) is 0 Å². The maximum absolute atomic E-state index is 12.0. The molecule has 0 spiro atoms. The quantitative estimate of drug-likeness (QED) is 0.642. The van der Waals surface area contributed by atoms with Gasteiger partial charge in [0.2, 0.25) is 0 Å². The summed E-state index contributed by atoms with van der Waals surface area (Å²) in [6.07, 6.45) is 0. The van der Waals surface area contributed by atoms with Crippen LogP contribution in [0.25, 0.3) is 0 Å². The summed E-state index contributed by atoms with van der Waals surface area (Å²) in [6.45, 7) is -0.179. The molecule has 0 aliphatic heterocycles. The van der Waals surface area contributed by atoms with Crippen LogP contribution in [0.4, 0.5) is 17.3 Å². The zero-order valence-electron chi connectivity index (χ0n) is 14.5. The molecule has 0 unspecified atom stereocenters. The second-order valence-corrected chi connectivity index (χ2v) is 5.80. The molecule has 8 heteroatoms. The summed E-state index contributed by atoms with van der Waals surface area (Å²) in [5.41, 5.74) is 0.718. The van der Waals surface area contributed by atoms with Crippen LogP contribution in [0, 0.1) is 0 Å². The van der Waals surface area contributed by atoms with Crippen LogP contribution in [-0.4, -0.2) is 29.8 Å². The molecule has 7 nitrogen and oxygen atoms in total. The van der Waals surface area contributed by atoms with Gasteiger partial charge in [-0.1, -0.05) is 35.9 Å². The van der Waals surface area contributed by atoms with Crippen LogP contribution in [0.3, 0.4) is 0 Å². The maximum atomic E-state index is 12.0. The molecule has 0 aliphatic rings. The Morgan fingerprint density at radius 3 is 2.33 bits per heavy atom. The molecule has 0 bridgehead atoms. The van der Waals surface area contributed by atoms with Crippen LogP contribution in [0.5, 0.6) is 11.5 Å². The Balaban J connectivity index is 1.55. The highest BCUT2D eigenvalue weighted by Crippen LogP contribution is 2.26. The first-order valence-corrected chi connectivity index (χ1v) is 8.44. The second kappa shape index (κ2) is 8.86. The highest BCUT2D eigenvalue weighted by atomic mass is 35.5. The van der Waals surface area contributed by atoms with E-state index >= 15 is 0 Å². The van der Waals surface area contributed by atoms with Gasteiger partial charge in [-0.15, -0.1) is 10.2 Å². The number of aromatic nitrogens is 2. The lowest BCUT2D eigenvalue weighted by Crippen LogP contribution is -2.21. The van der Waals surface area contributed by atoms with Crippen molar-refractivity contribution < 1.29 is 14.3 Å². The van der Waals surface area contributed by atoms with Crippen molar-refractivity contribution >= 4 is 34.8 Å². The van der Waals surface area contributed by atoms with E-state index in [9.17, 15) is 4.79 Å². The number of hydrogen-bond acceptors (Lipinski definition) is 6. The van der Waals surface area contributed by atoms with Gasteiger partial charge in [0.25, 0.3) is 5.91 Å². The van der Waals surface area contributed by atoms with Gasteiger partial charge in [-0.05, 0) is 36.4 Å². The molecule has 3 aromatic rings. The van der Waals surface area contributed by atoms with Crippen molar-refractivity contribution in [1.29, 1.82) is 0 Å². The van der Waals surface area contributed by atoms with Gasteiger partial charge in [0.1, 0.15) is 0 Å². The number of carbonyl (C=O) groups is 1. The third-order valence-corrected chi connectivity index (χ3v) is 3.83. The molecule has 138 valence electrons. The van der Waals surface area contributed by atoms with Gasteiger partial charge in [-0.3, -0.25) is 4.79 Å². The molecule has 27 heavy (non-hydrogen) atoms. The Bertz CT molecular complexity index is 919. The summed E-state index contributed by atoms with van der Waals surface area (Å²) in [5.74, 6) is 1.50. The Morgan fingerprint density at radius 2 is 1.63 bits per heavy atom. The summed E-state index contributed by atoms with van der Waals surface area (Å²) >= 11 is 6.09. The van der Waals surface area contributed by atoms with E-state index in [2.05, 4.69) is 20.8 Å². The maximum Gasteiger partial charge on any atom is 0.263 e. The number of benzene rings is 2. The molecule has 0 saturated heterocycles. The summed E-state index contributed by atoms with van der Waals surface area (Å²) in [5, 5.41) is 14.2. The van der Waals surface area contributed by atoms with Crippen molar-refractivity contribution in [3.05, 3.63) is 65.7 Å². The molecule has 3 rings (SSSR count). The molecular weight excluding hydrogens is 368 g/mol. The molecule has 0 aliphatic carbocycles. The smallest absolute Gasteiger partial charge is 0.263 e. The van der Waals surface area contributed by atoms with Crippen LogP contribution in [0.2, 0.25) is 5.02 Å². The topological polar surface area (TPSA) is 85.4 Å². The minimum atomic E-state index is -0.359. The van der Waals surface area contributed by atoms with Gasteiger partial charge < -0.3 is 20.1 Å². The van der Waals surface area contributed by atoms with E-state index in [0.29, 0.717) is 28.2 Å². The number of nitrogens with one attached hydrogen (secondary N) is 2. The number of methoxy groups -OCH3 is 1. The monoisotopic (exact) mass is 384 g/mol. The number of ether oxygens (including phenoxy) is 2. The lowest BCUT2D eigenvalue weighted by atomic mass is 10.3. The highest BCUT2D eigenvalue weighted by molar-refractivity contribution is 6.33. The summed E-state index contributed by atoms with van der Waals surface area (Å²) in [6, 6.07) is 17.7. The number of anilines is 3. The molecule has 1 heterocycles. The van der Waals surface area contributed by atoms with E-state index in [1.165, 1.54) is 7.11 Å². The minimum Gasteiger partial charge on any atom is -0.493 e. The first-order chi connectivity index (χ1) is 13.2. The third kappa shape index (κ3) is 5.08. The molecular formula is C19H17ClN4O3. The van der Waals surface area contributed by atoms with Gasteiger partial charge >= 0.3 is 0 Å². The standard InChI is InChI=1S/C19H17ClN4O3/c1-26-15-8-4-5-9-16(15)27-12-19(25)22-18-11-10-17(23-24-18)21-14-7-3-2-6-13(14)20/h2-11H,12H2,1H3,(H,21,23)(H,22,24,25). The van der Waals surface area contributed by atoms with Crippen LogP contribution in [0.15, 0.2) is 60.7 Å². The van der Waals surface area contributed by atoms with E-state index < -0.39 is 0 Å². The van der Waals surface area contributed by atoms with Crippen LogP contribution < -0.4 is 20.1 Å². The average molecular weight is 385 g/mol. The van der Waals surface area contributed by atoms with Gasteiger partial charge in [-0.2, -0.15) is 0 Å². The summed E-state index contributed by atoms with van der Waals surface area (Å²) < 4.78 is 10.6. The average Bonchev–Trinajstić information content (AvgIpc) is 2.70. The number of amides is 1. The van der Waals surface area contributed by atoms with E-state index in [1.54, 1.807) is 36.4 Å². The third-order valence-electron chi connectivity index (χ3n) is 3.50. The van der Waals surface area contributed by atoms with Gasteiger partial charge in [0.05, 0.1) is 17.8 Å². The zero-order valence-corrected chi connectivity index (χ0v) is 15.2. The van der Waals surface area contributed by atoms with Gasteiger partial charge in [0.15, 0.2) is 29.7 Å². The van der Waals surface area contributed by atoms with E-state index in [4.69, 9.17) is 21.1 Å². The van der Waals surface area contributed by atoms with Crippen molar-refractivity contribution in [3.8, 4) is 11.5 Å². The zero-order chi connectivity index (χ0) is 19.1. The Kier molecular flexibility index (Phi) is 6.06. The highest BCUT2D eigenvalue weighted by Gasteiger charge is 2.08. The molecule has 0 saturated carbocycles. The summed E-state index contributed by atoms with van der Waals surface area (Å²) in [4.78, 5) is 12.0. The SMILES string of the molecule is COc1ccccc1OCC(=O)Nc1ccc(Nc2ccccc2Cl)nn1. The predicted molar refractivity (Wildman–Crippen MR) is 104 cm³/mol. The molecule has 1 aromatic heterocycles. The number of para-hydroxylation sites is 3. The van der Waals surface area contributed by atoms with E-state index in [0.717, 1.165) is 5.69 Å². The normalized spacial score (nSPS) is 10.1. The largest absolute Gasteiger partial charge is 0.493 e. The first kappa shape index (κ1) is 18.5. The molecule has 0 fully saturated rings. The Morgan fingerprint density at radius 1 is 0.963 bits per heavy atom. The minimum absolute atomic E-state index is 0.179. The fraction of sp³-hybridized carbons (Fsp3) is 0.105. The first-order valence-electron chi connectivity index (χ1n) is 8.06. The van der Waals surface area contributed by atoms with Crippen LogP contribution in [0.1, 0.15) is 0 Å².